The van der Waals surface area contributed by atoms with Crippen molar-refractivity contribution in [2.75, 3.05) is 0 Å². The zero-order chi connectivity index (χ0) is 11.7. The van der Waals surface area contributed by atoms with Crippen LogP contribution in [0.15, 0.2) is 6.07 Å². The van der Waals surface area contributed by atoms with Gasteiger partial charge in [0, 0.05) is 0 Å². The number of carboxylic acid groups (broad SMARTS) is 2. The lowest BCUT2D eigenvalue weighted by molar-refractivity contribution is 0.0692. The molecule has 0 spiro atoms. The van der Waals surface area contributed by atoms with E-state index in [-0.39, 0.29) is 11.1 Å². The van der Waals surface area contributed by atoms with Gasteiger partial charge in [0.1, 0.15) is 5.56 Å². The third-order valence-corrected chi connectivity index (χ3v) is 1.98. The van der Waals surface area contributed by atoms with Crippen LogP contribution >= 0.6 is 0 Å². The molecular weight excluding hydrogens is 204 g/mol. The summed E-state index contributed by atoms with van der Waals surface area (Å²) in [6.45, 7) is 1.24. The van der Waals surface area contributed by atoms with Gasteiger partial charge in [0.15, 0.2) is 11.5 Å². The summed E-state index contributed by atoms with van der Waals surface area (Å²) in [7, 11) is 0. The second-order valence-corrected chi connectivity index (χ2v) is 2.90. The van der Waals surface area contributed by atoms with Gasteiger partial charge < -0.3 is 20.4 Å². The van der Waals surface area contributed by atoms with Crippen molar-refractivity contribution in [2.24, 2.45) is 0 Å². The summed E-state index contributed by atoms with van der Waals surface area (Å²) in [6.07, 6.45) is 0. The molecule has 1 aromatic rings. The highest BCUT2D eigenvalue weighted by Crippen LogP contribution is 2.33. The number of hydrogen-bond donors (Lipinski definition) is 4. The van der Waals surface area contributed by atoms with Crippen LogP contribution in [0.25, 0.3) is 0 Å². The lowest BCUT2D eigenvalue weighted by Crippen LogP contribution is -2.07. The summed E-state index contributed by atoms with van der Waals surface area (Å²) < 4.78 is 0. The molecule has 0 aliphatic heterocycles. The molecule has 1 aromatic carbocycles. The zero-order valence-electron chi connectivity index (χ0n) is 7.68. The fourth-order valence-electron chi connectivity index (χ4n) is 1.24. The molecule has 0 aliphatic carbocycles. The summed E-state index contributed by atoms with van der Waals surface area (Å²) in [5, 5.41) is 35.8. The molecule has 0 unspecified atom stereocenters. The maximum atomic E-state index is 10.7. The number of aromatic hydroxyl groups is 2. The maximum absolute atomic E-state index is 10.7. The molecule has 80 valence electrons. The van der Waals surface area contributed by atoms with E-state index in [2.05, 4.69) is 0 Å². The molecular formula is C9H8O6. The van der Waals surface area contributed by atoms with Crippen LogP contribution in [0.1, 0.15) is 26.3 Å². The molecule has 6 heteroatoms. The van der Waals surface area contributed by atoms with Crippen molar-refractivity contribution >= 4 is 11.9 Å². The minimum Gasteiger partial charge on any atom is -0.504 e. The molecule has 0 saturated heterocycles. The summed E-state index contributed by atoms with van der Waals surface area (Å²) in [6, 6.07) is 0.805. The van der Waals surface area contributed by atoms with E-state index in [0.717, 1.165) is 6.07 Å². The number of phenols is 2. The van der Waals surface area contributed by atoms with Gasteiger partial charge in [0.25, 0.3) is 0 Å². The number of carbonyl (C=O) groups is 2. The van der Waals surface area contributed by atoms with Crippen molar-refractivity contribution in [3.8, 4) is 11.5 Å². The fraction of sp³-hybridized carbons (Fsp3) is 0.111. The van der Waals surface area contributed by atoms with E-state index < -0.39 is 29.0 Å². The summed E-state index contributed by atoms with van der Waals surface area (Å²) in [4.78, 5) is 21.4. The van der Waals surface area contributed by atoms with Crippen LogP contribution in [0.4, 0.5) is 0 Å². The van der Waals surface area contributed by atoms with Gasteiger partial charge in [-0.3, -0.25) is 0 Å². The molecule has 1 rings (SSSR count). The van der Waals surface area contributed by atoms with Crippen LogP contribution in [-0.4, -0.2) is 32.4 Å². The van der Waals surface area contributed by atoms with Crippen molar-refractivity contribution < 1.29 is 30.0 Å². The van der Waals surface area contributed by atoms with Crippen LogP contribution in [0, 0.1) is 6.92 Å². The fourth-order valence-corrected chi connectivity index (χ4v) is 1.24. The van der Waals surface area contributed by atoms with Crippen molar-refractivity contribution in [2.45, 2.75) is 6.92 Å². The zero-order valence-corrected chi connectivity index (χ0v) is 7.68. The first kappa shape index (κ1) is 10.8. The van der Waals surface area contributed by atoms with E-state index in [4.69, 9.17) is 15.3 Å². The smallest absolute Gasteiger partial charge is 0.339 e. The molecule has 0 atom stereocenters. The normalized spacial score (nSPS) is 9.93. The quantitative estimate of drug-likeness (QED) is 0.539. The minimum absolute atomic E-state index is 0.106. The molecule has 0 heterocycles. The van der Waals surface area contributed by atoms with Gasteiger partial charge in [-0.1, -0.05) is 0 Å². The van der Waals surface area contributed by atoms with Gasteiger partial charge in [0.05, 0.1) is 5.56 Å². The molecule has 0 aliphatic rings. The average molecular weight is 212 g/mol. The maximum Gasteiger partial charge on any atom is 0.339 e. The average Bonchev–Trinajstić information content (AvgIpc) is 2.10. The number of hydrogen-bond acceptors (Lipinski definition) is 4. The van der Waals surface area contributed by atoms with Crippen LogP contribution in [0.2, 0.25) is 0 Å². The monoisotopic (exact) mass is 212 g/mol. The number of rotatable bonds is 2. The van der Waals surface area contributed by atoms with Crippen LogP contribution in [0.3, 0.4) is 0 Å². The number of aromatic carboxylic acids is 2. The number of carboxylic acids is 2. The van der Waals surface area contributed by atoms with E-state index in [1.165, 1.54) is 6.92 Å². The molecule has 6 nitrogen and oxygen atoms in total. The van der Waals surface area contributed by atoms with Crippen molar-refractivity contribution in [1.82, 2.24) is 0 Å². The molecule has 15 heavy (non-hydrogen) atoms. The largest absolute Gasteiger partial charge is 0.504 e. The Bertz CT molecular complexity index is 448. The first-order valence-electron chi connectivity index (χ1n) is 3.88. The molecule has 4 N–H and O–H groups in total. The minimum atomic E-state index is -1.50. The van der Waals surface area contributed by atoms with Gasteiger partial charge in [-0.2, -0.15) is 0 Å². The van der Waals surface area contributed by atoms with Crippen molar-refractivity contribution in [3.63, 3.8) is 0 Å². The Kier molecular flexibility index (Phi) is 2.52. The Morgan fingerprint density at radius 2 is 1.67 bits per heavy atom. The first-order chi connectivity index (χ1) is 6.86. The molecule has 0 saturated carbocycles. The molecule has 0 fully saturated rings. The second-order valence-electron chi connectivity index (χ2n) is 2.90. The van der Waals surface area contributed by atoms with Crippen molar-refractivity contribution in [1.29, 1.82) is 0 Å². The van der Waals surface area contributed by atoms with Crippen LogP contribution in [0.5, 0.6) is 11.5 Å². The number of benzene rings is 1. The van der Waals surface area contributed by atoms with E-state index in [9.17, 15) is 14.7 Å². The SMILES string of the molecule is Cc1c(C(=O)O)cc(O)c(O)c1C(=O)O. The lowest BCUT2D eigenvalue weighted by atomic mass is 10.0. The molecule has 0 aromatic heterocycles. The summed E-state index contributed by atoms with van der Waals surface area (Å²) in [5.41, 5.74) is -1.07. The topological polar surface area (TPSA) is 115 Å². The van der Waals surface area contributed by atoms with Gasteiger partial charge in [0.2, 0.25) is 0 Å². The Hall–Kier alpha value is -2.24. The first-order valence-corrected chi connectivity index (χ1v) is 3.88. The molecule has 0 bridgehead atoms. The molecule has 0 radical (unpaired) electrons. The Morgan fingerprint density at radius 3 is 2.07 bits per heavy atom. The predicted molar refractivity (Wildman–Crippen MR) is 48.4 cm³/mol. The van der Waals surface area contributed by atoms with Gasteiger partial charge in [-0.15, -0.1) is 0 Å². The lowest BCUT2D eigenvalue weighted by Gasteiger charge is -2.08. The highest BCUT2D eigenvalue weighted by molar-refractivity contribution is 5.99. The van der Waals surface area contributed by atoms with Crippen molar-refractivity contribution in [3.05, 3.63) is 22.8 Å². The highest BCUT2D eigenvalue weighted by Gasteiger charge is 2.22. The van der Waals surface area contributed by atoms with Gasteiger partial charge in [-0.05, 0) is 18.6 Å². The summed E-state index contributed by atoms with van der Waals surface area (Å²) in [5.74, 6) is -4.46. The third-order valence-electron chi connectivity index (χ3n) is 1.98. The van der Waals surface area contributed by atoms with Gasteiger partial charge in [-0.25, -0.2) is 9.59 Å². The van der Waals surface area contributed by atoms with E-state index >= 15 is 0 Å². The Balaban J connectivity index is 3.63. The summed E-state index contributed by atoms with van der Waals surface area (Å²) >= 11 is 0. The Labute approximate surface area is 84.0 Å². The highest BCUT2D eigenvalue weighted by atomic mass is 16.4. The standard InChI is InChI=1S/C9H8O6/c1-3-4(8(12)13)2-5(10)7(11)6(3)9(14)15/h2,10-11H,1H3,(H,12,13)(H,14,15). The molecule has 0 amide bonds. The Morgan fingerprint density at radius 1 is 1.13 bits per heavy atom. The van der Waals surface area contributed by atoms with E-state index in [0.29, 0.717) is 0 Å². The predicted octanol–water partition coefficient (Wildman–Crippen LogP) is 0.803. The number of phenolic OH excluding ortho intramolecular Hbond substituents is 1. The van der Waals surface area contributed by atoms with Crippen LogP contribution < -0.4 is 0 Å². The second kappa shape index (κ2) is 3.49. The van der Waals surface area contributed by atoms with Crippen LogP contribution in [-0.2, 0) is 0 Å². The van der Waals surface area contributed by atoms with E-state index in [1.54, 1.807) is 0 Å². The third kappa shape index (κ3) is 1.69. The van der Waals surface area contributed by atoms with E-state index in [1.807, 2.05) is 0 Å². The van der Waals surface area contributed by atoms with Gasteiger partial charge >= 0.3 is 11.9 Å².